The molecule has 0 spiro atoms. The van der Waals surface area contributed by atoms with Crippen molar-refractivity contribution < 1.29 is 4.79 Å². The number of carbonyl (C=O) groups excluding carboxylic acids is 1. The molecule has 0 radical (unpaired) electrons. The zero-order chi connectivity index (χ0) is 20.5. The summed E-state index contributed by atoms with van der Waals surface area (Å²) in [5.74, 6) is -0.141. The fraction of sp³-hybridized carbons (Fsp3) is 0.227. The summed E-state index contributed by atoms with van der Waals surface area (Å²) in [6.45, 7) is 5.92. The normalized spacial score (nSPS) is 11.3. The van der Waals surface area contributed by atoms with Crippen LogP contribution in [0.4, 0.5) is 5.69 Å². The molecule has 1 aromatic carbocycles. The molecule has 7 heteroatoms. The number of fused-ring (bicyclic) bond motifs is 1. The molecule has 0 N–H and O–H groups in total. The molecule has 5 nitrogen and oxygen atoms in total. The summed E-state index contributed by atoms with van der Waals surface area (Å²) in [7, 11) is 0. The molecular weight excluding hydrogens is 402 g/mol. The van der Waals surface area contributed by atoms with Gasteiger partial charge in [0.15, 0.2) is 0 Å². The third-order valence-corrected chi connectivity index (χ3v) is 6.61. The van der Waals surface area contributed by atoms with Crippen molar-refractivity contribution in [2.75, 3.05) is 4.90 Å². The summed E-state index contributed by atoms with van der Waals surface area (Å²) >= 11 is 3.11. The van der Waals surface area contributed by atoms with Crippen LogP contribution in [0.2, 0.25) is 0 Å². The number of thiophene rings is 2. The predicted molar refractivity (Wildman–Crippen MR) is 121 cm³/mol. The van der Waals surface area contributed by atoms with E-state index in [0.717, 1.165) is 16.1 Å². The van der Waals surface area contributed by atoms with Crippen LogP contribution >= 0.6 is 22.7 Å². The molecule has 3 heterocycles. The van der Waals surface area contributed by atoms with Crippen molar-refractivity contribution in [1.29, 1.82) is 0 Å². The quantitative estimate of drug-likeness (QED) is 0.457. The maximum atomic E-state index is 13.2. The highest BCUT2D eigenvalue weighted by atomic mass is 32.1. The van der Waals surface area contributed by atoms with E-state index in [1.54, 1.807) is 16.2 Å². The molecule has 29 heavy (non-hydrogen) atoms. The number of nitrogens with zero attached hydrogens (tertiary/aromatic N) is 3. The van der Waals surface area contributed by atoms with Crippen LogP contribution < -0.4 is 10.5 Å². The summed E-state index contributed by atoms with van der Waals surface area (Å²) in [6, 6.07) is 13.6. The second kappa shape index (κ2) is 7.93. The van der Waals surface area contributed by atoms with Crippen molar-refractivity contribution in [2.24, 2.45) is 0 Å². The third-order valence-electron chi connectivity index (χ3n) is 4.69. The highest BCUT2D eigenvalue weighted by molar-refractivity contribution is 7.19. The first-order valence-corrected chi connectivity index (χ1v) is 11.1. The van der Waals surface area contributed by atoms with E-state index in [1.165, 1.54) is 27.1 Å². The molecule has 0 saturated carbocycles. The number of hydrogen-bond donors (Lipinski definition) is 0. The van der Waals surface area contributed by atoms with E-state index < -0.39 is 0 Å². The highest BCUT2D eigenvalue weighted by Crippen LogP contribution is 2.34. The van der Waals surface area contributed by atoms with Gasteiger partial charge in [-0.05, 0) is 45.0 Å². The monoisotopic (exact) mass is 423 g/mol. The smallest absolute Gasteiger partial charge is 0.263 e. The second-order valence-electron chi connectivity index (χ2n) is 7.11. The van der Waals surface area contributed by atoms with Gasteiger partial charge in [-0.25, -0.2) is 4.98 Å². The number of amides is 1. The van der Waals surface area contributed by atoms with Crippen molar-refractivity contribution in [3.05, 3.63) is 69.4 Å². The SMILES string of the molecule is Cc1ccc(-c2csc3ncn(CC(=O)N(c4ccccc4)C(C)C)c(=O)c23)s1. The minimum atomic E-state index is -0.178. The molecule has 4 rings (SSSR count). The van der Waals surface area contributed by atoms with E-state index in [2.05, 4.69) is 4.98 Å². The molecule has 3 aromatic heterocycles. The molecule has 0 aliphatic carbocycles. The van der Waals surface area contributed by atoms with E-state index in [1.807, 2.05) is 68.6 Å². The minimum Gasteiger partial charge on any atom is -0.308 e. The molecule has 0 aliphatic rings. The number of rotatable bonds is 5. The van der Waals surface area contributed by atoms with E-state index in [0.29, 0.717) is 10.2 Å². The summed E-state index contributed by atoms with van der Waals surface area (Å²) in [6.07, 6.45) is 1.48. The lowest BCUT2D eigenvalue weighted by atomic mass is 10.2. The van der Waals surface area contributed by atoms with Crippen LogP contribution in [0.5, 0.6) is 0 Å². The lowest BCUT2D eigenvalue weighted by molar-refractivity contribution is -0.119. The Kier molecular flexibility index (Phi) is 5.34. The van der Waals surface area contributed by atoms with Crippen LogP contribution in [0.3, 0.4) is 0 Å². The lowest BCUT2D eigenvalue weighted by Gasteiger charge is -2.27. The molecular formula is C22H21N3O2S2. The maximum Gasteiger partial charge on any atom is 0.263 e. The fourth-order valence-corrected chi connectivity index (χ4v) is 5.24. The van der Waals surface area contributed by atoms with Crippen LogP contribution in [0.15, 0.2) is 59.0 Å². The number of hydrogen-bond acceptors (Lipinski definition) is 5. The minimum absolute atomic E-state index is 0.0249. The first-order valence-electron chi connectivity index (χ1n) is 9.36. The first kappa shape index (κ1) is 19.5. The van der Waals surface area contributed by atoms with Gasteiger partial charge in [0.1, 0.15) is 11.4 Å². The van der Waals surface area contributed by atoms with Gasteiger partial charge in [0.05, 0.1) is 11.7 Å². The summed E-state index contributed by atoms with van der Waals surface area (Å²) in [4.78, 5) is 35.4. The predicted octanol–water partition coefficient (Wildman–Crippen LogP) is 4.94. The van der Waals surface area contributed by atoms with E-state index >= 15 is 0 Å². The van der Waals surface area contributed by atoms with Crippen LogP contribution in [-0.2, 0) is 11.3 Å². The Hall–Kier alpha value is -2.77. The fourth-order valence-electron chi connectivity index (χ4n) is 3.38. The van der Waals surface area contributed by atoms with E-state index in [-0.39, 0.29) is 24.1 Å². The summed E-state index contributed by atoms with van der Waals surface area (Å²) in [5, 5.41) is 2.56. The molecule has 4 aromatic rings. The lowest BCUT2D eigenvalue weighted by Crippen LogP contribution is -2.41. The topological polar surface area (TPSA) is 55.2 Å². The Morgan fingerprint density at radius 3 is 2.59 bits per heavy atom. The van der Waals surface area contributed by atoms with Gasteiger partial charge in [-0.3, -0.25) is 14.2 Å². The van der Waals surface area contributed by atoms with Gasteiger partial charge >= 0.3 is 0 Å². The number of aryl methyl sites for hydroxylation is 1. The maximum absolute atomic E-state index is 13.2. The average molecular weight is 424 g/mol. The largest absolute Gasteiger partial charge is 0.308 e. The van der Waals surface area contributed by atoms with Gasteiger partial charge < -0.3 is 4.90 Å². The summed E-state index contributed by atoms with van der Waals surface area (Å²) < 4.78 is 1.42. The van der Waals surface area contributed by atoms with Crippen molar-refractivity contribution in [3.63, 3.8) is 0 Å². The summed E-state index contributed by atoms with van der Waals surface area (Å²) in [5.41, 5.74) is 1.54. The van der Waals surface area contributed by atoms with E-state index in [9.17, 15) is 9.59 Å². The number of para-hydroxylation sites is 1. The van der Waals surface area contributed by atoms with Gasteiger partial charge in [-0.1, -0.05) is 18.2 Å². The Morgan fingerprint density at radius 2 is 1.93 bits per heavy atom. The van der Waals surface area contributed by atoms with Crippen LogP contribution in [-0.4, -0.2) is 21.5 Å². The molecule has 0 atom stereocenters. The van der Waals surface area contributed by atoms with Crippen LogP contribution in [0, 0.1) is 6.92 Å². The zero-order valence-electron chi connectivity index (χ0n) is 16.5. The van der Waals surface area contributed by atoms with Crippen LogP contribution in [0.25, 0.3) is 20.7 Å². The number of carbonyl (C=O) groups is 1. The number of anilines is 1. The molecule has 148 valence electrons. The molecule has 0 unspecified atom stereocenters. The number of aromatic nitrogens is 2. The molecule has 0 saturated heterocycles. The Labute approximate surface area is 176 Å². The van der Waals surface area contributed by atoms with Crippen molar-refractivity contribution in [1.82, 2.24) is 9.55 Å². The molecule has 1 amide bonds. The highest BCUT2D eigenvalue weighted by Gasteiger charge is 2.21. The van der Waals surface area contributed by atoms with Gasteiger partial charge in [0.25, 0.3) is 5.56 Å². The van der Waals surface area contributed by atoms with Gasteiger partial charge in [0, 0.05) is 32.4 Å². The van der Waals surface area contributed by atoms with Crippen molar-refractivity contribution >= 4 is 44.5 Å². The van der Waals surface area contributed by atoms with Gasteiger partial charge in [-0.15, -0.1) is 22.7 Å². The first-order chi connectivity index (χ1) is 14.0. The van der Waals surface area contributed by atoms with E-state index in [4.69, 9.17) is 0 Å². The van der Waals surface area contributed by atoms with Crippen molar-refractivity contribution in [3.8, 4) is 10.4 Å². The molecule has 0 aliphatic heterocycles. The number of benzene rings is 1. The standard InChI is InChI=1S/C22H21N3O2S2/c1-14(2)25(16-7-5-4-6-8-16)19(26)11-24-13-23-21-20(22(24)27)17(12-28-21)18-10-9-15(3)29-18/h4-10,12-14H,11H2,1-3H3. The Balaban J connectivity index is 1.72. The van der Waals surface area contributed by atoms with Crippen molar-refractivity contribution in [2.45, 2.75) is 33.4 Å². The van der Waals surface area contributed by atoms with Crippen LogP contribution in [0.1, 0.15) is 18.7 Å². The zero-order valence-corrected chi connectivity index (χ0v) is 18.1. The molecule has 0 fully saturated rings. The third kappa shape index (κ3) is 3.75. The van der Waals surface area contributed by atoms with Gasteiger partial charge in [0.2, 0.25) is 5.91 Å². The van der Waals surface area contributed by atoms with Gasteiger partial charge in [-0.2, -0.15) is 0 Å². The second-order valence-corrected chi connectivity index (χ2v) is 9.26. The molecule has 0 bridgehead atoms. The average Bonchev–Trinajstić information content (AvgIpc) is 3.31. The Bertz CT molecular complexity index is 1220. The Morgan fingerprint density at radius 1 is 1.17 bits per heavy atom.